The Labute approximate surface area is 228 Å². The molecule has 0 saturated heterocycles. The van der Waals surface area contributed by atoms with Gasteiger partial charge in [-0.05, 0) is 55.8 Å². The molecule has 0 aliphatic carbocycles. The summed E-state index contributed by atoms with van der Waals surface area (Å²) >= 11 is 0. The molecule has 0 bridgehead atoms. The predicted octanol–water partition coefficient (Wildman–Crippen LogP) is 7.18. The number of ether oxygens (including phenoxy) is 3. The fraction of sp³-hybridized carbons (Fsp3) is 0.387. The number of para-hydroxylation sites is 1. The summed E-state index contributed by atoms with van der Waals surface area (Å²) in [6.07, 6.45) is 3.97. The van der Waals surface area contributed by atoms with Crippen LogP contribution in [0.25, 0.3) is 0 Å². The highest BCUT2D eigenvalue weighted by molar-refractivity contribution is 6.01. The maximum Gasteiger partial charge on any atom is 0.170 e. The molecule has 0 saturated carbocycles. The maximum atomic E-state index is 13.6. The van der Waals surface area contributed by atoms with Crippen LogP contribution in [0.3, 0.4) is 0 Å². The Morgan fingerprint density at radius 1 is 0.784 bits per heavy atom. The largest absolute Gasteiger partial charge is 0.496 e. The lowest BCUT2D eigenvalue weighted by molar-refractivity contribution is 0.0953. The molecule has 3 aromatic carbocycles. The molecule has 0 amide bonds. The lowest BCUT2D eigenvalue weighted by Gasteiger charge is -2.22. The summed E-state index contributed by atoms with van der Waals surface area (Å²) in [5.74, 6) is 2.08. The first-order valence-corrected chi connectivity index (χ1v) is 12.8. The summed E-state index contributed by atoms with van der Waals surface area (Å²) in [5.41, 5.74) is 2.92. The fourth-order valence-corrected chi connectivity index (χ4v) is 4.61. The van der Waals surface area contributed by atoms with Gasteiger partial charge < -0.3 is 14.2 Å². The molecule has 200 valence electrons. The Hall–Kier alpha value is -3.02. The zero-order valence-corrected chi connectivity index (χ0v) is 23.3. The number of benzene rings is 3. The number of methoxy groups -OCH3 is 3. The first-order chi connectivity index (χ1) is 17.6. The number of carbonyl (C=O) groups is 1. The molecular weight excluding hydrogens is 486 g/mol. The second-order valence-corrected chi connectivity index (χ2v) is 8.93. The van der Waals surface area contributed by atoms with Crippen molar-refractivity contribution in [2.24, 2.45) is 0 Å². The molecule has 3 rings (SSSR count). The second-order valence-electron chi connectivity index (χ2n) is 8.93. The zero-order chi connectivity index (χ0) is 25.8. The van der Waals surface area contributed by atoms with Gasteiger partial charge in [0.25, 0.3) is 0 Å². The van der Waals surface area contributed by atoms with Crippen molar-refractivity contribution in [1.29, 1.82) is 0 Å². The third-order valence-electron chi connectivity index (χ3n) is 6.69. The van der Waals surface area contributed by atoms with Crippen LogP contribution in [0.15, 0.2) is 72.8 Å². The molecule has 0 aliphatic rings. The van der Waals surface area contributed by atoms with Crippen LogP contribution in [-0.2, 0) is 6.54 Å². The fourth-order valence-electron chi connectivity index (χ4n) is 4.61. The summed E-state index contributed by atoms with van der Waals surface area (Å²) in [7, 11) is 4.91. The topological polar surface area (TPSA) is 48.0 Å². The van der Waals surface area contributed by atoms with E-state index in [1.165, 1.54) is 5.56 Å². The minimum Gasteiger partial charge on any atom is -0.496 e. The molecule has 5 nitrogen and oxygen atoms in total. The Morgan fingerprint density at radius 2 is 1.46 bits per heavy atom. The smallest absolute Gasteiger partial charge is 0.170 e. The summed E-state index contributed by atoms with van der Waals surface area (Å²) < 4.78 is 16.3. The van der Waals surface area contributed by atoms with Crippen LogP contribution >= 0.6 is 12.4 Å². The van der Waals surface area contributed by atoms with E-state index >= 15 is 0 Å². The van der Waals surface area contributed by atoms with Crippen molar-refractivity contribution in [2.75, 3.05) is 34.4 Å². The lowest BCUT2D eigenvalue weighted by atomic mass is 9.86. The molecule has 0 radical (unpaired) electrons. The minimum atomic E-state index is -0.180. The van der Waals surface area contributed by atoms with Crippen LogP contribution in [0.2, 0.25) is 0 Å². The third kappa shape index (κ3) is 8.51. The van der Waals surface area contributed by atoms with Crippen molar-refractivity contribution in [3.63, 3.8) is 0 Å². The maximum absolute atomic E-state index is 13.6. The van der Waals surface area contributed by atoms with Gasteiger partial charge in [-0.15, -0.1) is 12.4 Å². The van der Waals surface area contributed by atoms with Crippen molar-refractivity contribution in [3.8, 4) is 17.2 Å². The van der Waals surface area contributed by atoms with Crippen LogP contribution in [0.4, 0.5) is 0 Å². The summed E-state index contributed by atoms with van der Waals surface area (Å²) in [5, 5.41) is 0. The van der Waals surface area contributed by atoms with E-state index in [0.29, 0.717) is 17.1 Å². The number of ketones is 1. The average molecular weight is 526 g/mol. The Bertz CT molecular complexity index is 1090. The number of nitrogens with zero attached hydrogens (tertiary/aromatic N) is 1. The molecular formula is C31H40ClNO4. The first-order valence-electron chi connectivity index (χ1n) is 12.8. The standard InChI is InChI=1S/C31H39NO4.ClH/c1-5-32(23-26-16-11-12-18-28(26)34-2)21-13-7-10-17-27(24-14-8-6-9-15-24)31(33)25-19-20-29(35-3)30(22-25)36-4;/h6,8-9,11-12,14-16,18-20,22,27H,5,7,10,13,17,21,23H2,1-4H3;1H. The van der Waals surface area contributed by atoms with Crippen LogP contribution in [0.5, 0.6) is 17.2 Å². The molecule has 0 heterocycles. The van der Waals surface area contributed by atoms with Crippen molar-refractivity contribution in [3.05, 3.63) is 89.5 Å². The van der Waals surface area contributed by atoms with E-state index in [4.69, 9.17) is 14.2 Å². The molecule has 0 fully saturated rings. The molecule has 0 aromatic heterocycles. The van der Waals surface area contributed by atoms with Gasteiger partial charge in [0, 0.05) is 23.6 Å². The lowest BCUT2D eigenvalue weighted by Crippen LogP contribution is -2.24. The van der Waals surface area contributed by atoms with Crippen molar-refractivity contribution < 1.29 is 19.0 Å². The molecule has 0 aliphatic heterocycles. The predicted molar refractivity (Wildman–Crippen MR) is 153 cm³/mol. The number of Topliss-reactive ketones (excluding diaryl/α,β-unsaturated/α-hetero) is 1. The highest BCUT2D eigenvalue weighted by atomic mass is 35.5. The number of rotatable bonds is 15. The van der Waals surface area contributed by atoms with Crippen LogP contribution in [0, 0.1) is 0 Å². The summed E-state index contributed by atoms with van der Waals surface area (Å²) in [6, 6.07) is 23.7. The van der Waals surface area contributed by atoms with E-state index in [1.54, 1.807) is 33.5 Å². The van der Waals surface area contributed by atoms with Crippen molar-refractivity contribution >= 4 is 18.2 Å². The van der Waals surface area contributed by atoms with Crippen LogP contribution in [0.1, 0.15) is 60.0 Å². The first kappa shape index (κ1) is 30.2. The number of hydrogen-bond donors (Lipinski definition) is 0. The quantitative estimate of drug-likeness (QED) is 0.155. The van der Waals surface area contributed by atoms with E-state index in [1.807, 2.05) is 36.4 Å². The van der Waals surface area contributed by atoms with E-state index < -0.39 is 0 Å². The van der Waals surface area contributed by atoms with Gasteiger partial charge in [-0.1, -0.05) is 68.3 Å². The third-order valence-corrected chi connectivity index (χ3v) is 6.69. The molecule has 3 aromatic rings. The Kier molecular flexibility index (Phi) is 13.0. The van der Waals surface area contributed by atoms with Gasteiger partial charge in [0.1, 0.15) is 5.75 Å². The van der Waals surface area contributed by atoms with Gasteiger partial charge in [-0.3, -0.25) is 9.69 Å². The minimum absolute atomic E-state index is 0. The van der Waals surface area contributed by atoms with Gasteiger partial charge in [-0.25, -0.2) is 0 Å². The van der Waals surface area contributed by atoms with Gasteiger partial charge >= 0.3 is 0 Å². The Morgan fingerprint density at radius 3 is 2.14 bits per heavy atom. The monoisotopic (exact) mass is 525 g/mol. The van der Waals surface area contributed by atoms with Gasteiger partial charge in [0.05, 0.1) is 21.3 Å². The molecule has 0 N–H and O–H groups in total. The summed E-state index contributed by atoms with van der Waals surface area (Å²) in [4.78, 5) is 16.0. The molecule has 37 heavy (non-hydrogen) atoms. The zero-order valence-electron chi connectivity index (χ0n) is 22.4. The highest BCUT2D eigenvalue weighted by Gasteiger charge is 2.23. The van der Waals surface area contributed by atoms with E-state index in [9.17, 15) is 4.79 Å². The van der Waals surface area contributed by atoms with Crippen LogP contribution in [-0.4, -0.2) is 45.1 Å². The molecule has 1 unspecified atom stereocenters. The van der Waals surface area contributed by atoms with E-state index in [2.05, 4.69) is 36.1 Å². The molecule has 6 heteroatoms. The SMILES string of the molecule is CCN(CCCCCC(C(=O)c1ccc(OC)c(OC)c1)c1ccccc1)Cc1ccccc1OC.Cl. The van der Waals surface area contributed by atoms with Gasteiger partial charge in [0.15, 0.2) is 17.3 Å². The van der Waals surface area contributed by atoms with Gasteiger partial charge in [0.2, 0.25) is 0 Å². The molecule has 1 atom stereocenters. The van der Waals surface area contributed by atoms with E-state index in [0.717, 1.165) is 56.6 Å². The normalized spacial score (nSPS) is 11.5. The molecule has 0 spiro atoms. The number of hydrogen-bond acceptors (Lipinski definition) is 5. The second kappa shape index (κ2) is 16.0. The number of carbonyl (C=O) groups excluding carboxylic acids is 1. The van der Waals surface area contributed by atoms with E-state index in [-0.39, 0.29) is 24.1 Å². The number of unbranched alkanes of at least 4 members (excludes halogenated alkanes) is 2. The average Bonchev–Trinajstić information content (AvgIpc) is 2.94. The number of halogens is 1. The Balaban J connectivity index is 0.00000481. The van der Waals surface area contributed by atoms with Crippen molar-refractivity contribution in [2.45, 2.75) is 45.1 Å². The summed E-state index contributed by atoms with van der Waals surface area (Å²) in [6.45, 7) is 5.09. The van der Waals surface area contributed by atoms with Crippen molar-refractivity contribution in [1.82, 2.24) is 4.90 Å². The van der Waals surface area contributed by atoms with Gasteiger partial charge in [-0.2, -0.15) is 0 Å². The highest BCUT2D eigenvalue weighted by Crippen LogP contribution is 2.32. The van der Waals surface area contributed by atoms with Crippen LogP contribution < -0.4 is 14.2 Å².